The maximum absolute atomic E-state index is 12.9. The summed E-state index contributed by atoms with van der Waals surface area (Å²) in [5.41, 5.74) is 0. The number of likely N-dealkylation sites (N-methyl/N-ethyl adjacent to an activating group) is 1. The van der Waals surface area contributed by atoms with E-state index in [1.165, 1.54) is 38.5 Å². The zero-order valence-corrected chi connectivity index (χ0v) is 59.5. The summed E-state index contributed by atoms with van der Waals surface area (Å²) in [6, 6.07) is 0. The molecule has 0 aromatic rings. The number of ether oxygens (including phenoxy) is 2. The summed E-state index contributed by atoms with van der Waals surface area (Å²) in [7, 11) is 1.12. The van der Waals surface area contributed by atoms with Crippen LogP contribution in [0.2, 0.25) is 0 Å². The van der Waals surface area contributed by atoms with Crippen LogP contribution in [0.3, 0.4) is 0 Å². The van der Waals surface area contributed by atoms with E-state index in [2.05, 4.69) is 220 Å². The molecule has 0 fully saturated rings. The third-order valence-corrected chi connectivity index (χ3v) is 15.3. The molecular weight excluding hydrogens is 1160 g/mol. The minimum absolute atomic E-state index is 0.0473. The Hall–Kier alpha value is -5.41. The average molecular weight is 1290 g/mol. The maximum atomic E-state index is 12.9. The van der Waals surface area contributed by atoms with E-state index < -0.39 is 32.5 Å². The van der Waals surface area contributed by atoms with Gasteiger partial charge in [-0.3, -0.25) is 14.2 Å². The second-order valence-electron chi connectivity index (χ2n) is 24.1. The summed E-state index contributed by atoms with van der Waals surface area (Å²) in [5, 5.41) is 0. The summed E-state index contributed by atoms with van der Waals surface area (Å²) in [6.07, 6.45) is 110. The molecule has 0 aliphatic carbocycles. The maximum Gasteiger partial charge on any atom is 0.306 e. The van der Waals surface area contributed by atoms with Crippen LogP contribution in [0.5, 0.6) is 0 Å². The summed E-state index contributed by atoms with van der Waals surface area (Å²) in [6.45, 7) is 3.96. The van der Waals surface area contributed by atoms with E-state index >= 15 is 0 Å². The fourth-order valence-corrected chi connectivity index (χ4v) is 9.63. The number of unbranched alkanes of at least 4 members (excludes halogenated alkanes) is 15. The van der Waals surface area contributed by atoms with E-state index in [0.29, 0.717) is 23.9 Å². The molecule has 9 nitrogen and oxygen atoms in total. The normalized spacial score (nSPS) is 14.4. The van der Waals surface area contributed by atoms with Gasteiger partial charge in [0.05, 0.1) is 27.7 Å². The lowest BCUT2D eigenvalue weighted by Crippen LogP contribution is -2.37. The van der Waals surface area contributed by atoms with Crippen molar-refractivity contribution in [3.8, 4) is 0 Å². The zero-order chi connectivity index (χ0) is 66.9. The summed E-state index contributed by atoms with van der Waals surface area (Å²) < 4.78 is 34.3. The van der Waals surface area contributed by atoms with E-state index in [1.54, 1.807) is 0 Å². The van der Waals surface area contributed by atoms with Crippen molar-refractivity contribution in [2.45, 2.75) is 251 Å². The predicted octanol–water partition coefficient (Wildman–Crippen LogP) is 23.2. The first kappa shape index (κ1) is 86.6. The number of allylic oxidation sites excluding steroid dienone is 34. The molecule has 516 valence electrons. The van der Waals surface area contributed by atoms with Crippen LogP contribution in [-0.4, -0.2) is 70.0 Å². The number of quaternary nitrogens is 1. The lowest BCUT2D eigenvalue weighted by molar-refractivity contribution is -0.870. The van der Waals surface area contributed by atoms with Gasteiger partial charge in [0, 0.05) is 12.8 Å². The Morgan fingerprint density at radius 2 is 0.587 bits per heavy atom. The molecule has 10 heteroatoms. The highest BCUT2D eigenvalue weighted by Gasteiger charge is 2.22. The summed E-state index contributed by atoms with van der Waals surface area (Å²) in [5.74, 6) is -0.875. The van der Waals surface area contributed by atoms with Crippen LogP contribution in [0.15, 0.2) is 207 Å². The topological polar surface area (TPSA) is 111 Å². The van der Waals surface area contributed by atoms with Crippen molar-refractivity contribution >= 4 is 19.8 Å². The minimum Gasteiger partial charge on any atom is -0.756 e. The molecule has 0 rings (SSSR count). The molecule has 0 aromatic carbocycles. The van der Waals surface area contributed by atoms with Crippen LogP contribution < -0.4 is 4.89 Å². The Morgan fingerprint density at radius 1 is 0.337 bits per heavy atom. The molecule has 0 heterocycles. The number of rotatable bonds is 63. The number of phosphoric ester groups is 1. The Labute approximate surface area is 564 Å². The molecule has 0 aliphatic heterocycles. The molecular formula is C82H130NO8P. The second kappa shape index (κ2) is 69.9. The van der Waals surface area contributed by atoms with Crippen molar-refractivity contribution in [2.24, 2.45) is 0 Å². The van der Waals surface area contributed by atoms with Gasteiger partial charge in [-0.2, -0.15) is 0 Å². The molecule has 0 aromatic heterocycles. The molecule has 0 amide bonds. The largest absolute Gasteiger partial charge is 0.756 e. The number of hydrogen-bond donors (Lipinski definition) is 0. The quantitative estimate of drug-likeness (QED) is 0.0195. The molecule has 92 heavy (non-hydrogen) atoms. The number of carbonyl (C=O) groups excluding carboxylic acids is 2. The van der Waals surface area contributed by atoms with Crippen LogP contribution in [-0.2, 0) is 32.7 Å². The van der Waals surface area contributed by atoms with E-state index in [-0.39, 0.29) is 26.1 Å². The first-order chi connectivity index (χ1) is 45.0. The van der Waals surface area contributed by atoms with Gasteiger partial charge in [0.1, 0.15) is 19.8 Å². The molecule has 0 N–H and O–H groups in total. The van der Waals surface area contributed by atoms with E-state index in [9.17, 15) is 19.0 Å². The lowest BCUT2D eigenvalue weighted by atomic mass is 10.1. The summed E-state index contributed by atoms with van der Waals surface area (Å²) in [4.78, 5) is 38.1. The SMILES string of the molecule is CC/C=C\C/C=C\C/C=C\C/C=C\C/C=C\C/C=C\C/C=C\C/C=C\C/C=C\CCCCCCCC(=O)OC(COC(=O)CCCCCCCCCCCC/C=C\C/C=C\C/C=C\C/C=C\C/C=C\C/C=C\C/C=C\C/C=C\CC)COP(=O)([O-])OCC[N+](C)(C)C. The van der Waals surface area contributed by atoms with Gasteiger partial charge in [-0.15, -0.1) is 0 Å². The highest BCUT2D eigenvalue weighted by atomic mass is 31.2. The van der Waals surface area contributed by atoms with Crippen molar-refractivity contribution in [1.82, 2.24) is 0 Å². The van der Waals surface area contributed by atoms with Gasteiger partial charge < -0.3 is 27.9 Å². The van der Waals surface area contributed by atoms with Gasteiger partial charge in [0.15, 0.2) is 6.10 Å². The fourth-order valence-electron chi connectivity index (χ4n) is 8.90. The minimum atomic E-state index is -4.67. The first-order valence-corrected chi connectivity index (χ1v) is 37.3. The zero-order valence-electron chi connectivity index (χ0n) is 58.7. The van der Waals surface area contributed by atoms with Gasteiger partial charge in [0.25, 0.3) is 7.82 Å². The number of phosphoric acid groups is 1. The molecule has 0 aliphatic rings. The molecule has 0 spiro atoms. The second-order valence-corrected chi connectivity index (χ2v) is 25.5. The monoisotopic (exact) mass is 1290 g/mol. The standard InChI is InChI=1S/C82H130NO8P/c1-6-8-10-12-14-16-18-20-22-24-26-28-30-32-34-36-38-40-41-43-44-46-48-50-52-54-56-58-60-62-64-66-68-70-72-74-81(84)88-78-80(79-90-92(86,87)89-77-76-83(3,4)5)91-82(85)75-73-71-69-67-65-63-61-59-57-55-53-51-49-47-45-42-39-37-35-33-31-29-27-25-23-21-19-17-15-13-11-9-7-2/h8-11,14-17,20-23,26-29,32-35,38-40,42-44,47-50,53,55,59,61,80H,6-7,12-13,18-19,24-25,30-31,36-37,41,45-46,51-52,54,56-58,60,62-79H2,1-5H3/b10-8-,11-9-,16-14-,17-15-,22-20-,23-21-,28-26-,29-27-,34-32-,35-33-,40-38-,42-39-,44-43-,49-47-,50-48-,55-53-,61-59-. The van der Waals surface area contributed by atoms with Crippen LogP contribution in [0.4, 0.5) is 0 Å². The smallest absolute Gasteiger partial charge is 0.306 e. The summed E-state index contributed by atoms with van der Waals surface area (Å²) >= 11 is 0. The molecule has 2 atom stereocenters. The molecule has 0 bridgehead atoms. The number of carbonyl (C=O) groups is 2. The molecule has 0 saturated heterocycles. The van der Waals surface area contributed by atoms with E-state index in [0.717, 1.165) is 167 Å². The van der Waals surface area contributed by atoms with Crippen LogP contribution in [0.25, 0.3) is 0 Å². The van der Waals surface area contributed by atoms with Gasteiger partial charge in [0.2, 0.25) is 0 Å². The third-order valence-electron chi connectivity index (χ3n) is 14.3. The van der Waals surface area contributed by atoms with Gasteiger partial charge in [-0.05, 0) is 148 Å². The first-order valence-electron chi connectivity index (χ1n) is 35.8. The van der Waals surface area contributed by atoms with Crippen LogP contribution in [0.1, 0.15) is 245 Å². The highest BCUT2D eigenvalue weighted by molar-refractivity contribution is 7.45. The Bertz CT molecular complexity index is 2310. The lowest BCUT2D eigenvalue weighted by Gasteiger charge is -2.28. The van der Waals surface area contributed by atoms with Crippen molar-refractivity contribution in [3.63, 3.8) is 0 Å². The molecule has 0 radical (unpaired) electrons. The average Bonchev–Trinajstić information content (AvgIpc) is 2.23. The fraction of sp³-hybridized carbons (Fsp3) is 0.561. The van der Waals surface area contributed by atoms with Crippen LogP contribution >= 0.6 is 7.82 Å². The van der Waals surface area contributed by atoms with Gasteiger partial charge in [-0.1, -0.05) is 291 Å². The van der Waals surface area contributed by atoms with Gasteiger partial charge in [-0.25, -0.2) is 0 Å². The predicted molar refractivity (Wildman–Crippen MR) is 396 cm³/mol. The van der Waals surface area contributed by atoms with Crippen LogP contribution in [0, 0.1) is 0 Å². The highest BCUT2D eigenvalue weighted by Crippen LogP contribution is 2.38. The van der Waals surface area contributed by atoms with E-state index in [4.69, 9.17) is 18.5 Å². The third kappa shape index (κ3) is 73.6. The Morgan fingerprint density at radius 3 is 0.870 bits per heavy atom. The van der Waals surface area contributed by atoms with Gasteiger partial charge >= 0.3 is 11.9 Å². The number of esters is 2. The number of nitrogens with zero attached hydrogens (tertiary/aromatic N) is 1. The number of hydrogen-bond acceptors (Lipinski definition) is 8. The Kier molecular flexibility index (Phi) is 65.8. The van der Waals surface area contributed by atoms with Crippen molar-refractivity contribution in [3.05, 3.63) is 207 Å². The Balaban J connectivity index is 4.19. The van der Waals surface area contributed by atoms with Crippen molar-refractivity contribution < 1.29 is 42.1 Å². The van der Waals surface area contributed by atoms with Crippen molar-refractivity contribution in [1.29, 1.82) is 0 Å². The molecule has 0 saturated carbocycles. The van der Waals surface area contributed by atoms with E-state index in [1.807, 2.05) is 21.1 Å². The molecule has 2 unspecified atom stereocenters. The van der Waals surface area contributed by atoms with Crippen molar-refractivity contribution in [2.75, 3.05) is 47.5 Å².